The summed E-state index contributed by atoms with van der Waals surface area (Å²) in [7, 11) is 0. The molecule has 2 aromatic heterocycles. The minimum absolute atomic E-state index is 0.796. The van der Waals surface area contributed by atoms with Gasteiger partial charge >= 0.3 is 0 Å². The van der Waals surface area contributed by atoms with Gasteiger partial charge < -0.3 is 14.4 Å². The van der Waals surface area contributed by atoms with E-state index in [0.717, 1.165) is 73.3 Å². The van der Waals surface area contributed by atoms with E-state index in [2.05, 4.69) is 92.6 Å². The van der Waals surface area contributed by atoms with Crippen molar-refractivity contribution in [2.75, 3.05) is 44.3 Å². The van der Waals surface area contributed by atoms with Crippen LogP contribution < -0.4 is 9.64 Å². The maximum absolute atomic E-state index is 6.51. The quantitative estimate of drug-likeness (QED) is 0.214. The first-order valence-corrected chi connectivity index (χ1v) is 15.3. The Balaban J connectivity index is 1.20. The first kappa shape index (κ1) is 24.0. The van der Waals surface area contributed by atoms with Crippen LogP contribution in [0.15, 0.2) is 83.8 Å². The zero-order chi connectivity index (χ0) is 26.5. The Labute approximate surface area is 240 Å². The third kappa shape index (κ3) is 4.33. The summed E-state index contributed by atoms with van der Waals surface area (Å²) in [6, 6.07) is 26.1. The van der Waals surface area contributed by atoms with Crippen molar-refractivity contribution >= 4 is 54.5 Å². The summed E-state index contributed by atoms with van der Waals surface area (Å²) < 4.78 is 14.5. The highest BCUT2D eigenvalue weighted by Gasteiger charge is 2.26. The molecule has 8 heteroatoms. The van der Waals surface area contributed by atoms with Crippen molar-refractivity contribution in [1.29, 1.82) is 0 Å². The van der Waals surface area contributed by atoms with Gasteiger partial charge in [-0.15, -0.1) is 22.7 Å². The molecule has 2 aliphatic heterocycles. The molecule has 4 aromatic carbocycles. The first-order valence-electron chi connectivity index (χ1n) is 13.5. The minimum Gasteiger partial charge on any atom is -0.453 e. The summed E-state index contributed by atoms with van der Waals surface area (Å²) >= 11 is 3.35. The normalized spacial score (nSPS) is 15.2. The lowest BCUT2D eigenvalue weighted by Crippen LogP contribution is -2.41. The molecule has 0 radical (unpaired) electrons. The van der Waals surface area contributed by atoms with Gasteiger partial charge in [-0.2, -0.15) is 0 Å². The zero-order valence-corrected chi connectivity index (χ0v) is 23.4. The maximum atomic E-state index is 6.51. The molecule has 0 saturated carbocycles. The van der Waals surface area contributed by atoms with Crippen LogP contribution in [0.2, 0.25) is 0 Å². The number of thiazole rings is 2. The van der Waals surface area contributed by atoms with E-state index in [9.17, 15) is 0 Å². The van der Waals surface area contributed by atoms with Crippen molar-refractivity contribution in [2.24, 2.45) is 0 Å². The summed E-state index contributed by atoms with van der Waals surface area (Å²) in [5.74, 6) is 1.77. The molecule has 0 unspecified atom stereocenters. The summed E-state index contributed by atoms with van der Waals surface area (Å²) in [4.78, 5) is 13.8. The van der Waals surface area contributed by atoms with Gasteiger partial charge in [-0.25, -0.2) is 9.97 Å². The molecule has 8 rings (SSSR count). The van der Waals surface area contributed by atoms with Crippen LogP contribution in [0.25, 0.3) is 42.7 Å². The molecule has 2 aliphatic rings. The van der Waals surface area contributed by atoms with Gasteiger partial charge in [-0.3, -0.25) is 4.90 Å². The van der Waals surface area contributed by atoms with E-state index in [1.54, 1.807) is 22.7 Å². The molecule has 198 valence electrons. The fourth-order valence-electron chi connectivity index (χ4n) is 5.61. The lowest BCUT2D eigenvalue weighted by atomic mass is 10.0. The lowest BCUT2D eigenvalue weighted by molar-refractivity contribution is 0.0394. The van der Waals surface area contributed by atoms with E-state index in [-0.39, 0.29) is 0 Å². The fourth-order valence-corrected chi connectivity index (χ4v) is 7.05. The first-order chi connectivity index (χ1) is 19.8. The van der Waals surface area contributed by atoms with Crippen LogP contribution in [-0.4, -0.2) is 54.3 Å². The summed E-state index contributed by atoms with van der Waals surface area (Å²) in [5, 5.41) is 0. The summed E-state index contributed by atoms with van der Waals surface area (Å²) in [6.07, 6.45) is 0. The van der Waals surface area contributed by atoms with Crippen LogP contribution >= 0.6 is 22.7 Å². The molecule has 0 spiro atoms. The van der Waals surface area contributed by atoms with Gasteiger partial charge in [0.2, 0.25) is 0 Å². The highest BCUT2D eigenvalue weighted by Crippen LogP contribution is 2.49. The number of aromatic nitrogens is 2. The molecule has 6 nitrogen and oxygen atoms in total. The van der Waals surface area contributed by atoms with Crippen LogP contribution in [0, 0.1) is 0 Å². The van der Waals surface area contributed by atoms with E-state index >= 15 is 0 Å². The standard InChI is InChI=1S/C32H26N4O2S2/c1-5-25-31(39-19-33-25)17-23(1)21-3-7-29-27(15-21)36(10-9-35-11-13-37-14-12-35)28-16-22(4-8-30(28)38-29)24-2-6-26-32(18-24)40-20-34-26/h1-8,15-20H,9-14H2. The fraction of sp³-hybridized carbons (Fsp3) is 0.188. The average Bonchev–Trinajstić information content (AvgIpc) is 3.68. The van der Waals surface area contributed by atoms with Crippen LogP contribution in [-0.2, 0) is 4.74 Å². The van der Waals surface area contributed by atoms with Crippen molar-refractivity contribution in [3.63, 3.8) is 0 Å². The summed E-state index contributed by atoms with van der Waals surface area (Å²) in [5.41, 5.74) is 12.8. The molecular weight excluding hydrogens is 537 g/mol. The van der Waals surface area contributed by atoms with Crippen molar-refractivity contribution < 1.29 is 9.47 Å². The van der Waals surface area contributed by atoms with Crippen molar-refractivity contribution in [3.8, 4) is 33.8 Å². The molecule has 1 saturated heterocycles. The third-order valence-electron chi connectivity index (χ3n) is 7.79. The Kier molecular flexibility index (Phi) is 5.99. The highest BCUT2D eigenvalue weighted by atomic mass is 32.1. The number of benzene rings is 4. The van der Waals surface area contributed by atoms with Crippen molar-refractivity contribution in [3.05, 3.63) is 83.8 Å². The van der Waals surface area contributed by atoms with Crippen LogP contribution in [0.4, 0.5) is 11.4 Å². The number of morpholine rings is 1. The van der Waals surface area contributed by atoms with Gasteiger partial charge in [0.15, 0.2) is 11.5 Å². The number of rotatable bonds is 5. The summed E-state index contributed by atoms with van der Waals surface area (Å²) in [6.45, 7) is 5.34. The Morgan fingerprint density at radius 2 is 1.15 bits per heavy atom. The Hall–Kier alpha value is -3.82. The second kappa shape index (κ2) is 9.98. The van der Waals surface area contributed by atoms with Crippen LogP contribution in [0.3, 0.4) is 0 Å². The predicted octanol–water partition coefficient (Wildman–Crippen LogP) is 7.82. The average molecular weight is 563 g/mol. The largest absolute Gasteiger partial charge is 0.453 e. The number of nitrogens with zero attached hydrogens (tertiary/aromatic N) is 4. The number of hydrogen-bond acceptors (Lipinski definition) is 8. The number of anilines is 2. The zero-order valence-electron chi connectivity index (χ0n) is 21.7. The van der Waals surface area contributed by atoms with Gasteiger partial charge in [0.25, 0.3) is 0 Å². The van der Waals surface area contributed by atoms with Gasteiger partial charge in [0.1, 0.15) is 0 Å². The second-order valence-electron chi connectivity index (χ2n) is 10.1. The number of fused-ring (bicyclic) bond motifs is 4. The van der Waals surface area contributed by atoms with E-state index in [4.69, 9.17) is 9.47 Å². The van der Waals surface area contributed by atoms with Crippen molar-refractivity contribution in [1.82, 2.24) is 14.9 Å². The van der Waals surface area contributed by atoms with Gasteiger partial charge in [0, 0.05) is 26.2 Å². The SMILES string of the molecule is c1nc2ccc(-c3ccc4c(c3)N(CCN3CCOCC3)c3cc(-c5ccc6ncsc6c5)ccc3O4)cc2s1. The molecule has 4 heterocycles. The topological polar surface area (TPSA) is 50.7 Å². The van der Waals surface area contributed by atoms with E-state index in [1.807, 2.05) is 11.0 Å². The van der Waals surface area contributed by atoms with E-state index < -0.39 is 0 Å². The lowest BCUT2D eigenvalue weighted by Gasteiger charge is -2.36. The number of ether oxygens (including phenoxy) is 2. The molecule has 0 atom stereocenters. The minimum atomic E-state index is 0.796. The number of hydrogen-bond donors (Lipinski definition) is 0. The van der Waals surface area contributed by atoms with Crippen LogP contribution in [0.1, 0.15) is 0 Å². The Bertz CT molecular complexity index is 1730. The Morgan fingerprint density at radius 1 is 0.625 bits per heavy atom. The molecule has 0 aliphatic carbocycles. The molecule has 0 bridgehead atoms. The molecule has 0 amide bonds. The molecule has 1 fully saturated rings. The van der Waals surface area contributed by atoms with Crippen LogP contribution in [0.5, 0.6) is 11.5 Å². The smallest absolute Gasteiger partial charge is 0.151 e. The van der Waals surface area contributed by atoms with Gasteiger partial charge in [0.05, 0.1) is 56.0 Å². The molecule has 40 heavy (non-hydrogen) atoms. The molecule has 6 aromatic rings. The van der Waals surface area contributed by atoms with E-state index in [1.165, 1.54) is 31.7 Å². The molecular formula is C32H26N4O2S2. The Morgan fingerprint density at radius 3 is 1.73 bits per heavy atom. The van der Waals surface area contributed by atoms with Crippen molar-refractivity contribution in [2.45, 2.75) is 0 Å². The van der Waals surface area contributed by atoms with E-state index in [0.29, 0.717) is 0 Å². The maximum Gasteiger partial charge on any atom is 0.151 e. The second-order valence-corrected chi connectivity index (χ2v) is 11.9. The highest BCUT2D eigenvalue weighted by molar-refractivity contribution is 7.17. The third-order valence-corrected chi connectivity index (χ3v) is 9.38. The predicted molar refractivity (Wildman–Crippen MR) is 164 cm³/mol. The monoisotopic (exact) mass is 562 g/mol. The van der Waals surface area contributed by atoms with Gasteiger partial charge in [-0.05, 0) is 70.8 Å². The van der Waals surface area contributed by atoms with Gasteiger partial charge in [-0.1, -0.05) is 24.3 Å². The molecule has 0 N–H and O–H groups in total.